The van der Waals surface area contributed by atoms with Crippen LogP contribution in [-0.4, -0.2) is 51.1 Å². The lowest BCUT2D eigenvalue weighted by Crippen LogP contribution is -2.62. The molecule has 3 unspecified atom stereocenters. The highest BCUT2D eigenvalue weighted by molar-refractivity contribution is 6.35. The summed E-state index contributed by atoms with van der Waals surface area (Å²) in [6.07, 6.45) is 1.03. The first-order valence-electron chi connectivity index (χ1n) is 9.08. The third kappa shape index (κ3) is 2.49. The number of Topliss-reactive ketones (excluding diaryl/α,β-unsaturated/α-hetero) is 1. The van der Waals surface area contributed by atoms with Gasteiger partial charge in [-0.3, -0.25) is 4.79 Å². The van der Waals surface area contributed by atoms with Crippen LogP contribution in [0.1, 0.15) is 30.1 Å². The highest BCUT2D eigenvalue weighted by atomic mass is 35.5. The predicted octanol–water partition coefficient (Wildman–Crippen LogP) is 2.42. The summed E-state index contributed by atoms with van der Waals surface area (Å²) in [6.45, 7) is 3.32. The zero-order chi connectivity index (χ0) is 19.4. The molecule has 7 nitrogen and oxygen atoms in total. The Labute approximate surface area is 163 Å². The molecule has 2 fully saturated rings. The predicted molar refractivity (Wildman–Crippen MR) is 97.8 cm³/mol. The Balaban J connectivity index is 1.81. The van der Waals surface area contributed by atoms with Gasteiger partial charge in [0, 0.05) is 30.7 Å². The van der Waals surface area contributed by atoms with Crippen LogP contribution in [0.3, 0.4) is 0 Å². The van der Waals surface area contributed by atoms with Crippen LogP contribution in [0.4, 0.5) is 0 Å². The van der Waals surface area contributed by atoms with E-state index in [4.69, 9.17) is 41.0 Å². The van der Waals surface area contributed by atoms with E-state index in [2.05, 4.69) is 0 Å². The number of carbonyl (C=O) groups excluding carboxylic acids is 1. The third-order valence-corrected chi connectivity index (χ3v) is 6.41. The standard InChI is InChI=1S/C19H24ClNO6/c1-10-7-18(25-4-5-26-18)8-11(9-21)19(10)17(22)14-12(23-2)6-13(24-3)15(20)16(14)27-19/h6,10-11H,4-5,7-9,21H2,1-3H3. The van der Waals surface area contributed by atoms with Crippen molar-refractivity contribution in [1.82, 2.24) is 0 Å². The lowest BCUT2D eigenvalue weighted by Gasteiger charge is -2.49. The molecule has 2 spiro atoms. The lowest BCUT2D eigenvalue weighted by molar-refractivity contribution is -0.222. The van der Waals surface area contributed by atoms with Gasteiger partial charge in [0.1, 0.15) is 22.1 Å². The summed E-state index contributed by atoms with van der Waals surface area (Å²) in [6, 6.07) is 1.61. The second-order valence-corrected chi connectivity index (χ2v) is 7.75. The fourth-order valence-corrected chi connectivity index (χ4v) is 5.10. The first kappa shape index (κ1) is 18.8. The largest absolute Gasteiger partial charge is 0.496 e. The summed E-state index contributed by atoms with van der Waals surface area (Å²) in [5.41, 5.74) is 5.32. The van der Waals surface area contributed by atoms with Crippen molar-refractivity contribution in [3.8, 4) is 17.2 Å². The maximum absolute atomic E-state index is 13.6. The van der Waals surface area contributed by atoms with E-state index in [0.717, 1.165) is 0 Å². The van der Waals surface area contributed by atoms with Crippen LogP contribution in [0.25, 0.3) is 0 Å². The Morgan fingerprint density at radius 1 is 1.22 bits per heavy atom. The number of halogens is 1. The van der Waals surface area contributed by atoms with Crippen LogP contribution in [0.15, 0.2) is 6.07 Å². The van der Waals surface area contributed by atoms with E-state index in [0.29, 0.717) is 48.9 Å². The molecule has 1 saturated carbocycles. The Hall–Kier alpha value is -1.54. The summed E-state index contributed by atoms with van der Waals surface area (Å²) in [5, 5.41) is 0.259. The Bertz CT molecular complexity index is 778. The van der Waals surface area contributed by atoms with Gasteiger partial charge in [-0.25, -0.2) is 0 Å². The monoisotopic (exact) mass is 397 g/mol. The van der Waals surface area contributed by atoms with Crippen LogP contribution in [0.2, 0.25) is 5.02 Å². The van der Waals surface area contributed by atoms with Gasteiger partial charge in [0.05, 0.1) is 27.4 Å². The number of rotatable bonds is 3. The molecule has 3 atom stereocenters. The first-order valence-corrected chi connectivity index (χ1v) is 9.46. The van der Waals surface area contributed by atoms with E-state index in [1.54, 1.807) is 6.07 Å². The van der Waals surface area contributed by atoms with Crippen molar-refractivity contribution in [1.29, 1.82) is 0 Å². The minimum absolute atomic E-state index is 0.158. The first-order chi connectivity index (χ1) is 12.9. The fraction of sp³-hybridized carbons (Fsp3) is 0.632. The second-order valence-electron chi connectivity index (χ2n) is 7.37. The topological polar surface area (TPSA) is 89.2 Å². The van der Waals surface area contributed by atoms with E-state index in [9.17, 15) is 4.79 Å². The maximum atomic E-state index is 13.6. The van der Waals surface area contributed by atoms with E-state index < -0.39 is 11.4 Å². The van der Waals surface area contributed by atoms with Gasteiger partial charge in [-0.1, -0.05) is 18.5 Å². The number of methoxy groups -OCH3 is 2. The summed E-state index contributed by atoms with van der Waals surface area (Å²) >= 11 is 6.47. The Morgan fingerprint density at radius 3 is 2.48 bits per heavy atom. The van der Waals surface area contributed by atoms with Gasteiger partial charge in [0.2, 0.25) is 5.78 Å². The van der Waals surface area contributed by atoms with Crippen LogP contribution in [-0.2, 0) is 9.47 Å². The minimum Gasteiger partial charge on any atom is -0.496 e. The van der Waals surface area contributed by atoms with Crippen molar-refractivity contribution in [2.45, 2.75) is 31.2 Å². The number of nitrogens with two attached hydrogens (primary N) is 1. The number of carbonyl (C=O) groups is 1. The SMILES string of the molecule is COc1cc(OC)c2c(c1Cl)OC1(C2=O)C(C)CC2(CC1CN)OCCO2. The fourth-order valence-electron chi connectivity index (χ4n) is 4.83. The van der Waals surface area contributed by atoms with Crippen molar-refractivity contribution < 1.29 is 28.5 Å². The number of fused-ring (bicyclic) bond motifs is 1. The average Bonchev–Trinajstić information content (AvgIpc) is 3.23. The summed E-state index contributed by atoms with van der Waals surface area (Å²) in [4.78, 5) is 13.6. The molecule has 148 valence electrons. The quantitative estimate of drug-likeness (QED) is 0.837. The number of ketones is 1. The van der Waals surface area contributed by atoms with E-state index in [1.807, 2.05) is 6.92 Å². The van der Waals surface area contributed by atoms with Gasteiger partial charge >= 0.3 is 0 Å². The molecule has 1 aromatic rings. The van der Waals surface area contributed by atoms with Gasteiger partial charge in [0.15, 0.2) is 17.1 Å². The molecule has 8 heteroatoms. The van der Waals surface area contributed by atoms with Gasteiger partial charge in [0.25, 0.3) is 0 Å². The average molecular weight is 398 g/mol. The van der Waals surface area contributed by atoms with Crippen LogP contribution in [0.5, 0.6) is 17.2 Å². The third-order valence-electron chi connectivity index (χ3n) is 6.06. The van der Waals surface area contributed by atoms with Crippen molar-refractivity contribution in [3.05, 3.63) is 16.7 Å². The highest BCUT2D eigenvalue weighted by Crippen LogP contribution is 2.57. The normalized spacial score (nSPS) is 31.2. The molecule has 0 aromatic heterocycles. The molecule has 2 N–H and O–H groups in total. The highest BCUT2D eigenvalue weighted by Gasteiger charge is 2.64. The number of hydrogen-bond acceptors (Lipinski definition) is 7. The molecule has 0 amide bonds. The molecule has 4 rings (SSSR count). The van der Waals surface area contributed by atoms with E-state index >= 15 is 0 Å². The van der Waals surface area contributed by atoms with Crippen LogP contribution in [0, 0.1) is 11.8 Å². The zero-order valence-electron chi connectivity index (χ0n) is 15.7. The van der Waals surface area contributed by atoms with Crippen molar-refractivity contribution >= 4 is 17.4 Å². The van der Waals surface area contributed by atoms with Gasteiger partial charge in [-0.2, -0.15) is 0 Å². The number of benzene rings is 1. The second kappa shape index (κ2) is 6.51. The van der Waals surface area contributed by atoms with E-state index in [1.165, 1.54) is 14.2 Å². The molecule has 1 aliphatic carbocycles. The molecule has 27 heavy (non-hydrogen) atoms. The van der Waals surface area contributed by atoms with Crippen molar-refractivity contribution in [2.75, 3.05) is 34.0 Å². The molecule has 3 aliphatic rings. The zero-order valence-corrected chi connectivity index (χ0v) is 16.4. The van der Waals surface area contributed by atoms with Crippen molar-refractivity contribution in [2.24, 2.45) is 17.6 Å². The molecule has 2 heterocycles. The maximum Gasteiger partial charge on any atom is 0.214 e. The number of ether oxygens (including phenoxy) is 5. The van der Waals surface area contributed by atoms with Gasteiger partial charge < -0.3 is 29.4 Å². The molecule has 1 aromatic carbocycles. The summed E-state index contributed by atoms with van der Waals surface area (Å²) in [5.74, 6) is -0.259. The lowest BCUT2D eigenvalue weighted by atomic mass is 9.64. The summed E-state index contributed by atoms with van der Waals surface area (Å²) < 4.78 is 28.9. The Kier molecular flexibility index (Phi) is 4.54. The minimum atomic E-state index is -1.12. The van der Waals surface area contributed by atoms with Crippen LogP contribution < -0.4 is 19.9 Å². The molecule has 0 radical (unpaired) electrons. The van der Waals surface area contributed by atoms with Crippen molar-refractivity contribution in [3.63, 3.8) is 0 Å². The Morgan fingerprint density at radius 2 is 1.89 bits per heavy atom. The molecule has 2 aliphatic heterocycles. The van der Waals surface area contributed by atoms with Gasteiger partial charge in [-0.15, -0.1) is 0 Å². The molecule has 1 saturated heterocycles. The molecular formula is C19H24ClNO6. The van der Waals surface area contributed by atoms with E-state index in [-0.39, 0.29) is 29.2 Å². The smallest absolute Gasteiger partial charge is 0.214 e. The molecule has 0 bridgehead atoms. The molecular weight excluding hydrogens is 374 g/mol. The number of hydrogen-bond donors (Lipinski definition) is 1. The van der Waals surface area contributed by atoms with Crippen LogP contribution >= 0.6 is 11.6 Å². The summed E-state index contributed by atoms with van der Waals surface area (Å²) in [7, 11) is 3.01. The van der Waals surface area contributed by atoms with Gasteiger partial charge in [-0.05, 0) is 6.54 Å².